The molecule has 1 aliphatic heterocycles. The summed E-state index contributed by atoms with van der Waals surface area (Å²) in [4.78, 5) is 22.4. The summed E-state index contributed by atoms with van der Waals surface area (Å²) in [7, 11) is -2.41. The molecule has 0 aromatic heterocycles. The number of carbonyl (C=O) groups is 2. The quantitative estimate of drug-likeness (QED) is 0.434. The third-order valence-electron chi connectivity index (χ3n) is 2.27. The lowest BCUT2D eigenvalue weighted by Gasteiger charge is -2.30. The van der Waals surface area contributed by atoms with Gasteiger partial charge < -0.3 is 4.74 Å². The highest BCUT2D eigenvalue weighted by molar-refractivity contribution is 7.87. The van der Waals surface area contributed by atoms with Gasteiger partial charge >= 0.3 is 0 Å². The van der Waals surface area contributed by atoms with Crippen molar-refractivity contribution in [3.05, 3.63) is 0 Å². The second-order valence-electron chi connectivity index (χ2n) is 3.53. The van der Waals surface area contributed by atoms with E-state index in [9.17, 15) is 18.0 Å². The van der Waals surface area contributed by atoms with Crippen molar-refractivity contribution in [1.29, 1.82) is 0 Å². The van der Waals surface area contributed by atoms with Crippen molar-refractivity contribution in [3.8, 4) is 0 Å². The van der Waals surface area contributed by atoms with Gasteiger partial charge in [-0.25, -0.2) is 0 Å². The maximum absolute atomic E-state index is 11.8. The van der Waals surface area contributed by atoms with Crippen LogP contribution in [0.2, 0.25) is 0 Å². The van der Waals surface area contributed by atoms with Gasteiger partial charge in [-0.2, -0.15) is 17.4 Å². The zero-order valence-electron chi connectivity index (χ0n) is 9.60. The number of nitrogens with zero attached hydrogens (tertiary/aromatic N) is 1. The van der Waals surface area contributed by atoms with Crippen molar-refractivity contribution >= 4 is 22.0 Å². The molecule has 0 radical (unpaired) electrons. The van der Waals surface area contributed by atoms with Gasteiger partial charge in [-0.15, -0.1) is 0 Å². The summed E-state index contributed by atoms with van der Waals surface area (Å²) in [5.74, 6) is -1.26. The lowest BCUT2D eigenvalue weighted by atomic mass is 10.2. The van der Waals surface area contributed by atoms with Crippen LogP contribution in [0.3, 0.4) is 0 Å². The average Bonchev–Trinajstić information content (AvgIpc) is 2.23. The van der Waals surface area contributed by atoms with E-state index in [0.29, 0.717) is 0 Å². The molecule has 0 aromatic carbocycles. The predicted molar refractivity (Wildman–Crippen MR) is 58.1 cm³/mol. The zero-order valence-corrected chi connectivity index (χ0v) is 10.4. The van der Waals surface area contributed by atoms with Crippen LogP contribution in [-0.4, -0.2) is 57.4 Å². The van der Waals surface area contributed by atoms with E-state index in [0.717, 1.165) is 4.31 Å². The van der Waals surface area contributed by atoms with E-state index in [2.05, 4.69) is 10.0 Å². The van der Waals surface area contributed by atoms with Gasteiger partial charge in [-0.05, 0) is 6.92 Å². The van der Waals surface area contributed by atoms with Gasteiger partial charge in [0.2, 0.25) is 11.8 Å². The highest BCUT2D eigenvalue weighted by Crippen LogP contribution is 2.09. The van der Waals surface area contributed by atoms with E-state index in [-0.39, 0.29) is 19.7 Å². The number of ether oxygens (including phenoxy) is 1. The van der Waals surface area contributed by atoms with Crippen molar-refractivity contribution < 1.29 is 22.7 Å². The van der Waals surface area contributed by atoms with Crippen LogP contribution in [0.25, 0.3) is 0 Å². The smallest absolute Gasteiger partial charge is 0.280 e. The Labute approximate surface area is 99.5 Å². The fourth-order valence-electron chi connectivity index (χ4n) is 1.34. The third kappa shape index (κ3) is 3.46. The molecule has 1 unspecified atom stereocenters. The largest absolute Gasteiger partial charge is 0.383 e. The predicted octanol–water partition coefficient (Wildman–Crippen LogP) is -2.19. The molecule has 1 aliphatic rings. The second kappa shape index (κ2) is 5.54. The van der Waals surface area contributed by atoms with Crippen LogP contribution >= 0.6 is 0 Å². The fraction of sp³-hybridized carbons (Fsp3) is 0.750. The van der Waals surface area contributed by atoms with E-state index in [1.807, 2.05) is 0 Å². The molecule has 0 saturated carbocycles. The summed E-state index contributed by atoms with van der Waals surface area (Å²) in [6.45, 7) is 1.34. The number of hydrogen-bond acceptors (Lipinski definition) is 5. The molecule has 1 atom stereocenters. The summed E-state index contributed by atoms with van der Waals surface area (Å²) >= 11 is 0. The molecule has 9 heteroatoms. The van der Waals surface area contributed by atoms with Gasteiger partial charge in [0.25, 0.3) is 10.2 Å². The number of nitrogens with one attached hydrogen (secondary N) is 2. The number of rotatable bonds is 5. The Hall–Kier alpha value is -1.03. The molecular weight excluding hydrogens is 250 g/mol. The summed E-state index contributed by atoms with van der Waals surface area (Å²) in [5.41, 5.74) is 0. The molecule has 2 amide bonds. The number of piperazine rings is 1. The molecule has 0 aliphatic carbocycles. The van der Waals surface area contributed by atoms with Crippen molar-refractivity contribution in [2.75, 3.05) is 26.8 Å². The number of carbonyl (C=O) groups excluding carboxylic acids is 2. The fourth-order valence-corrected chi connectivity index (χ4v) is 2.65. The summed E-state index contributed by atoms with van der Waals surface area (Å²) in [6, 6.07) is -0.909. The molecule has 98 valence electrons. The highest BCUT2D eigenvalue weighted by Gasteiger charge is 2.37. The summed E-state index contributed by atoms with van der Waals surface area (Å²) in [5, 5.41) is 2.06. The first-order valence-corrected chi connectivity index (χ1v) is 6.41. The summed E-state index contributed by atoms with van der Waals surface area (Å²) in [6.07, 6.45) is 0. The van der Waals surface area contributed by atoms with E-state index in [1.54, 1.807) is 0 Å². The number of imide groups is 1. The molecule has 8 nitrogen and oxygen atoms in total. The zero-order chi connectivity index (χ0) is 13.1. The lowest BCUT2D eigenvalue weighted by Crippen LogP contribution is -2.60. The summed E-state index contributed by atoms with van der Waals surface area (Å²) < 4.78 is 31.3. The van der Waals surface area contributed by atoms with Gasteiger partial charge in [0, 0.05) is 13.7 Å². The number of amides is 2. The van der Waals surface area contributed by atoms with E-state index in [4.69, 9.17) is 4.74 Å². The Balaban J connectivity index is 2.75. The van der Waals surface area contributed by atoms with Crippen molar-refractivity contribution in [1.82, 2.24) is 14.3 Å². The van der Waals surface area contributed by atoms with Crippen LogP contribution in [0.4, 0.5) is 0 Å². The van der Waals surface area contributed by atoms with Crippen LogP contribution < -0.4 is 10.0 Å². The molecule has 1 fully saturated rings. The lowest BCUT2D eigenvalue weighted by molar-refractivity contribution is -0.136. The Morgan fingerprint density at radius 3 is 2.76 bits per heavy atom. The van der Waals surface area contributed by atoms with Crippen LogP contribution in [0.1, 0.15) is 6.92 Å². The molecule has 1 heterocycles. The van der Waals surface area contributed by atoms with E-state index in [1.165, 1.54) is 14.0 Å². The molecule has 2 N–H and O–H groups in total. The molecule has 1 rings (SSSR count). The van der Waals surface area contributed by atoms with Crippen LogP contribution in [0, 0.1) is 0 Å². The van der Waals surface area contributed by atoms with Crippen LogP contribution in [-0.2, 0) is 24.5 Å². The van der Waals surface area contributed by atoms with E-state index >= 15 is 0 Å². The van der Waals surface area contributed by atoms with Gasteiger partial charge in [0.1, 0.15) is 6.04 Å². The SMILES string of the molecule is COCCNS(=O)(=O)N1CC(=O)NC(=O)C1C. The minimum absolute atomic E-state index is 0.0812. The minimum atomic E-state index is -3.85. The maximum atomic E-state index is 11.8. The van der Waals surface area contributed by atoms with Gasteiger partial charge in [0.15, 0.2) is 0 Å². The van der Waals surface area contributed by atoms with Gasteiger partial charge in [-0.3, -0.25) is 14.9 Å². The first kappa shape index (κ1) is 14.0. The molecule has 1 saturated heterocycles. The third-order valence-corrected chi connectivity index (χ3v) is 3.90. The molecule has 0 spiro atoms. The Morgan fingerprint density at radius 2 is 2.18 bits per heavy atom. The average molecular weight is 265 g/mol. The number of hydrogen-bond donors (Lipinski definition) is 2. The molecule has 17 heavy (non-hydrogen) atoms. The molecular formula is C8H15N3O5S. The first-order valence-electron chi connectivity index (χ1n) is 4.97. The minimum Gasteiger partial charge on any atom is -0.383 e. The standard InChI is InChI=1S/C8H15N3O5S/c1-6-8(13)10-7(12)5-11(6)17(14,15)9-3-4-16-2/h6,9H,3-5H2,1-2H3,(H,10,12,13). The maximum Gasteiger partial charge on any atom is 0.280 e. The second-order valence-corrected chi connectivity index (χ2v) is 5.23. The van der Waals surface area contributed by atoms with Crippen molar-refractivity contribution in [2.45, 2.75) is 13.0 Å². The Morgan fingerprint density at radius 1 is 1.53 bits per heavy atom. The molecule has 0 aromatic rings. The van der Waals surface area contributed by atoms with Gasteiger partial charge in [0.05, 0.1) is 13.2 Å². The normalized spacial score (nSPS) is 22.6. The Kier molecular flexibility index (Phi) is 4.57. The topological polar surface area (TPSA) is 105 Å². The van der Waals surface area contributed by atoms with E-state index < -0.39 is 28.1 Å². The van der Waals surface area contributed by atoms with Crippen molar-refractivity contribution in [2.24, 2.45) is 0 Å². The number of methoxy groups -OCH3 is 1. The van der Waals surface area contributed by atoms with Crippen molar-refractivity contribution in [3.63, 3.8) is 0 Å². The van der Waals surface area contributed by atoms with Crippen LogP contribution in [0.5, 0.6) is 0 Å². The Bertz CT molecular complexity index is 407. The van der Waals surface area contributed by atoms with Crippen LogP contribution in [0.15, 0.2) is 0 Å². The first-order chi connectivity index (χ1) is 7.88. The van der Waals surface area contributed by atoms with Gasteiger partial charge in [-0.1, -0.05) is 0 Å². The highest BCUT2D eigenvalue weighted by atomic mass is 32.2. The molecule has 0 bridgehead atoms. The monoisotopic (exact) mass is 265 g/mol.